The summed E-state index contributed by atoms with van der Waals surface area (Å²) in [5, 5.41) is 0. The first-order chi connectivity index (χ1) is 3.79. The van der Waals surface area contributed by atoms with Crippen molar-refractivity contribution in [3.63, 3.8) is 0 Å². The molecule has 1 nitrogen and oxygen atoms in total. The van der Waals surface area contributed by atoms with E-state index in [-0.39, 0.29) is 0 Å². The molecule has 0 bridgehead atoms. The molecule has 0 aromatic heterocycles. The number of allylic oxidation sites excluding steroid dienone is 2. The molecule has 0 atom stereocenters. The zero-order valence-corrected chi connectivity index (χ0v) is 7.18. The normalized spacial score (nSPS) is 25.2. The summed E-state index contributed by atoms with van der Waals surface area (Å²) in [5.41, 5.74) is 1.41. The molecular weight excluding hydrogens is 215 g/mol. The third kappa shape index (κ3) is 1.74. The van der Waals surface area contributed by atoms with E-state index in [0.717, 1.165) is 15.3 Å². The molecule has 0 saturated carbocycles. The molecule has 0 aliphatic carbocycles. The molecule has 1 N–H and O–H groups in total. The maximum absolute atomic E-state index is 9.20. The second kappa shape index (κ2) is 2.82. The van der Waals surface area contributed by atoms with Gasteiger partial charge in [-0.1, -0.05) is 0 Å². The Hall–Kier alpha value is 0.430. The predicted molar refractivity (Wildman–Crippen MR) is 44.3 cm³/mol. The van der Waals surface area contributed by atoms with Gasteiger partial charge < -0.3 is 0 Å². The minimum absolute atomic E-state index is 1.05. The summed E-state index contributed by atoms with van der Waals surface area (Å²) >= 11 is -1.37. The van der Waals surface area contributed by atoms with Gasteiger partial charge in [-0.25, -0.2) is 0 Å². The van der Waals surface area contributed by atoms with Gasteiger partial charge in [0.05, 0.1) is 0 Å². The van der Waals surface area contributed by atoms with Crippen LogP contribution in [-0.4, -0.2) is 12.3 Å². The van der Waals surface area contributed by atoms with Gasteiger partial charge in [0.15, 0.2) is 0 Å². The van der Waals surface area contributed by atoms with Crippen LogP contribution in [0, 0.1) is 0 Å². The molecule has 1 rings (SSSR count). The fourth-order valence-corrected chi connectivity index (χ4v) is 3.90. The first-order valence-electron chi connectivity index (χ1n) is 2.75. The Morgan fingerprint density at radius 1 is 1.75 bits per heavy atom. The standard InChI is InChI=1S/C6H11IO/c1-6-3-2-4-7(8)5-6/h3,8H,2,4-5H2,1H3. The first-order valence-corrected chi connectivity index (χ1v) is 6.77. The second-order valence-electron chi connectivity index (χ2n) is 2.09. The van der Waals surface area contributed by atoms with E-state index in [0.29, 0.717) is 0 Å². The predicted octanol–water partition coefficient (Wildman–Crippen LogP) is 1.75. The van der Waals surface area contributed by atoms with E-state index in [2.05, 4.69) is 13.0 Å². The third-order valence-corrected chi connectivity index (χ3v) is 5.14. The summed E-state index contributed by atoms with van der Waals surface area (Å²) in [6, 6.07) is 0. The molecule has 8 heavy (non-hydrogen) atoms. The van der Waals surface area contributed by atoms with Crippen molar-refractivity contribution in [3.8, 4) is 0 Å². The topological polar surface area (TPSA) is 20.2 Å². The number of alkyl halides is 2. The van der Waals surface area contributed by atoms with Crippen LogP contribution in [0.5, 0.6) is 0 Å². The Balaban J connectivity index is 2.45. The molecular formula is C6H11IO. The molecule has 0 spiro atoms. The van der Waals surface area contributed by atoms with E-state index in [1.54, 1.807) is 0 Å². The van der Waals surface area contributed by atoms with Crippen LogP contribution in [0.1, 0.15) is 13.3 Å². The average Bonchev–Trinajstić information content (AvgIpc) is 1.64. The van der Waals surface area contributed by atoms with Crippen molar-refractivity contribution in [2.24, 2.45) is 0 Å². The van der Waals surface area contributed by atoms with Crippen molar-refractivity contribution in [2.45, 2.75) is 13.3 Å². The van der Waals surface area contributed by atoms with Crippen molar-refractivity contribution in [1.29, 1.82) is 0 Å². The van der Waals surface area contributed by atoms with Crippen LogP contribution in [0.25, 0.3) is 0 Å². The Bertz CT molecular complexity index is 109. The molecule has 48 valence electrons. The summed E-state index contributed by atoms with van der Waals surface area (Å²) in [7, 11) is 0. The molecule has 0 aromatic carbocycles. The maximum atomic E-state index is 9.20. The quantitative estimate of drug-likeness (QED) is 0.379. The van der Waals surface area contributed by atoms with Gasteiger partial charge in [0, 0.05) is 0 Å². The van der Waals surface area contributed by atoms with E-state index >= 15 is 0 Å². The van der Waals surface area contributed by atoms with Crippen LogP contribution in [0.3, 0.4) is 0 Å². The molecule has 0 saturated heterocycles. The van der Waals surface area contributed by atoms with E-state index in [1.807, 2.05) is 0 Å². The Morgan fingerprint density at radius 3 is 2.88 bits per heavy atom. The van der Waals surface area contributed by atoms with Gasteiger partial charge in [0.25, 0.3) is 0 Å². The summed E-state index contributed by atoms with van der Waals surface area (Å²) < 4.78 is 11.4. The van der Waals surface area contributed by atoms with Crippen LogP contribution in [0.15, 0.2) is 11.6 Å². The SMILES string of the molecule is CC1=CCCI(O)C1. The first kappa shape index (κ1) is 6.55. The zero-order chi connectivity index (χ0) is 5.98. The molecule has 0 fully saturated rings. The van der Waals surface area contributed by atoms with Gasteiger partial charge in [0.2, 0.25) is 0 Å². The van der Waals surface area contributed by atoms with E-state index in [1.165, 1.54) is 5.57 Å². The van der Waals surface area contributed by atoms with Gasteiger partial charge in [-0.05, 0) is 0 Å². The van der Waals surface area contributed by atoms with Gasteiger partial charge in [-0.15, -0.1) is 0 Å². The Labute approximate surface area is 57.7 Å². The van der Waals surface area contributed by atoms with Crippen molar-refractivity contribution in [3.05, 3.63) is 11.6 Å². The molecule has 0 aromatic rings. The second-order valence-corrected chi connectivity index (χ2v) is 6.37. The molecule has 0 amide bonds. The van der Waals surface area contributed by atoms with Crippen LogP contribution < -0.4 is 0 Å². The number of hydrogen-bond donors (Lipinski definition) is 1. The van der Waals surface area contributed by atoms with Crippen molar-refractivity contribution in [1.82, 2.24) is 0 Å². The number of halogens is 1. The van der Waals surface area contributed by atoms with Crippen molar-refractivity contribution < 1.29 is 3.44 Å². The van der Waals surface area contributed by atoms with Crippen LogP contribution in [0.4, 0.5) is 0 Å². The fraction of sp³-hybridized carbons (Fsp3) is 0.667. The van der Waals surface area contributed by atoms with Gasteiger partial charge in [0.1, 0.15) is 0 Å². The molecule has 1 aliphatic heterocycles. The number of rotatable bonds is 0. The van der Waals surface area contributed by atoms with Gasteiger partial charge in [-0.3, -0.25) is 0 Å². The zero-order valence-electron chi connectivity index (χ0n) is 5.02. The van der Waals surface area contributed by atoms with Crippen LogP contribution in [-0.2, 0) is 0 Å². The minimum atomic E-state index is -1.37. The molecule has 1 aliphatic rings. The average molecular weight is 226 g/mol. The number of hydrogen-bond acceptors (Lipinski definition) is 1. The van der Waals surface area contributed by atoms with E-state index in [4.69, 9.17) is 0 Å². The summed E-state index contributed by atoms with van der Waals surface area (Å²) in [6.45, 7) is 2.11. The molecule has 2 heteroatoms. The fourth-order valence-electron chi connectivity index (χ4n) is 0.792. The molecule has 0 radical (unpaired) electrons. The molecule has 1 heterocycles. The van der Waals surface area contributed by atoms with Crippen molar-refractivity contribution >= 4 is 20.2 Å². The van der Waals surface area contributed by atoms with Gasteiger partial charge in [-0.2, -0.15) is 0 Å². The summed E-state index contributed by atoms with van der Waals surface area (Å²) in [5.74, 6) is 0. The van der Waals surface area contributed by atoms with E-state index in [9.17, 15) is 3.44 Å². The summed E-state index contributed by atoms with van der Waals surface area (Å²) in [4.78, 5) is 0. The summed E-state index contributed by atoms with van der Waals surface area (Å²) in [6.07, 6.45) is 3.37. The Kier molecular flexibility index (Phi) is 2.31. The van der Waals surface area contributed by atoms with Crippen LogP contribution in [0.2, 0.25) is 0 Å². The Morgan fingerprint density at radius 2 is 2.50 bits per heavy atom. The molecule has 0 unspecified atom stereocenters. The van der Waals surface area contributed by atoms with Crippen molar-refractivity contribution in [2.75, 3.05) is 8.86 Å². The van der Waals surface area contributed by atoms with E-state index < -0.39 is 20.2 Å². The monoisotopic (exact) mass is 226 g/mol. The third-order valence-electron chi connectivity index (χ3n) is 1.19. The van der Waals surface area contributed by atoms with Gasteiger partial charge >= 0.3 is 57.5 Å². The van der Waals surface area contributed by atoms with Crippen LogP contribution >= 0.6 is 20.2 Å².